The second kappa shape index (κ2) is 15.8. The molecule has 0 radical (unpaired) electrons. The molecule has 0 unspecified atom stereocenters. The molecule has 0 spiro atoms. The van der Waals surface area contributed by atoms with E-state index in [4.69, 9.17) is 0 Å². The van der Waals surface area contributed by atoms with E-state index in [-0.39, 0.29) is 0 Å². The number of unbranched alkanes of at least 4 members (excludes halogenated alkanes) is 2. The summed E-state index contributed by atoms with van der Waals surface area (Å²) >= 11 is 2.41. The smallest absolute Gasteiger partial charge is 0.000473 e. The molecule has 56 valence electrons. The topological polar surface area (TPSA) is 0 Å². The largest absolute Gasteiger partial charge is 0.103 e. The Balaban J connectivity index is 0. The van der Waals surface area contributed by atoms with Gasteiger partial charge in [0.05, 0.1) is 0 Å². The van der Waals surface area contributed by atoms with Crippen molar-refractivity contribution in [2.75, 3.05) is 4.43 Å². The Hall–Kier alpha value is 0.470. The highest BCUT2D eigenvalue weighted by Crippen LogP contribution is 1.96. The lowest BCUT2D eigenvalue weighted by molar-refractivity contribution is 0.785. The molecule has 1 heteroatoms. The second-order valence-corrected chi connectivity index (χ2v) is 2.88. The molecule has 0 rings (SSSR count). The van der Waals surface area contributed by atoms with Gasteiger partial charge in [0, 0.05) is 0 Å². The summed E-state index contributed by atoms with van der Waals surface area (Å²) < 4.78 is 1.32. The summed E-state index contributed by atoms with van der Waals surface area (Å²) in [6.07, 6.45) is 5.91. The number of hydrogen-bond donors (Lipinski definition) is 0. The summed E-state index contributed by atoms with van der Waals surface area (Å²) in [5, 5.41) is 0. The van der Waals surface area contributed by atoms with Crippen LogP contribution in [0.2, 0.25) is 0 Å². The van der Waals surface area contributed by atoms with E-state index in [0.29, 0.717) is 0 Å². The Bertz CT molecular complexity index is 37.8. The van der Waals surface area contributed by atoms with Crippen molar-refractivity contribution in [2.45, 2.75) is 33.1 Å². The second-order valence-electron chi connectivity index (χ2n) is 1.80. The lowest BCUT2D eigenvalue weighted by atomic mass is 10.3. The van der Waals surface area contributed by atoms with Gasteiger partial charge >= 0.3 is 0 Å². The van der Waals surface area contributed by atoms with Crippen molar-refractivity contribution in [1.82, 2.24) is 0 Å². The maximum Gasteiger partial charge on any atom is -0.000473 e. The van der Waals surface area contributed by atoms with Crippen LogP contribution in [0.15, 0.2) is 12.7 Å². The highest BCUT2D eigenvalue weighted by atomic mass is 127. The predicted molar refractivity (Wildman–Crippen MR) is 54.3 cm³/mol. The zero-order valence-corrected chi connectivity index (χ0v) is 8.65. The fourth-order valence-electron chi connectivity index (χ4n) is 0.344. The fourth-order valence-corrected chi connectivity index (χ4v) is 0.884. The van der Waals surface area contributed by atoms with E-state index >= 15 is 0 Å². The van der Waals surface area contributed by atoms with Crippen molar-refractivity contribution in [1.29, 1.82) is 0 Å². The summed E-state index contributed by atoms with van der Waals surface area (Å²) in [5.41, 5.74) is 0. The minimum Gasteiger partial charge on any atom is -0.103 e. The first kappa shape index (κ1) is 12.2. The quantitative estimate of drug-likeness (QED) is 0.304. The van der Waals surface area contributed by atoms with Crippen LogP contribution in [0.25, 0.3) is 0 Å². The molecule has 0 amide bonds. The average Bonchev–Trinajstić information content (AvgIpc) is 1.86. The van der Waals surface area contributed by atoms with E-state index in [1.165, 1.54) is 23.7 Å². The number of halogens is 1. The van der Waals surface area contributed by atoms with Crippen LogP contribution in [0.5, 0.6) is 0 Å². The van der Waals surface area contributed by atoms with E-state index in [2.05, 4.69) is 36.1 Å². The molecule has 0 saturated carbocycles. The van der Waals surface area contributed by atoms with Gasteiger partial charge < -0.3 is 0 Å². The fraction of sp³-hybridized carbons (Fsp3) is 0.750. The van der Waals surface area contributed by atoms with Gasteiger partial charge in [0.15, 0.2) is 0 Å². The maximum absolute atomic E-state index is 3.36. The van der Waals surface area contributed by atoms with Crippen LogP contribution >= 0.6 is 22.6 Å². The molecule has 0 heterocycles. The molecule has 0 saturated heterocycles. The standard InChI is InChI=1S/C5H11I.C3H6/c1-2-3-4-5-6;1-3-2/h2-5H2,1H3;3H,1H2,2H3. The molecule has 0 atom stereocenters. The van der Waals surface area contributed by atoms with Crippen LogP contribution in [-0.2, 0) is 0 Å². The van der Waals surface area contributed by atoms with Gasteiger partial charge in [-0.1, -0.05) is 48.4 Å². The SMILES string of the molecule is C=CC.CCCCCI. The highest BCUT2D eigenvalue weighted by molar-refractivity contribution is 14.1. The van der Waals surface area contributed by atoms with Crippen LogP contribution in [0.4, 0.5) is 0 Å². The molecule has 0 aromatic carbocycles. The molecular weight excluding hydrogens is 223 g/mol. The summed E-state index contributed by atoms with van der Waals surface area (Å²) in [6.45, 7) is 7.48. The maximum atomic E-state index is 3.36. The Labute approximate surface area is 72.9 Å². The molecule has 0 aliphatic carbocycles. The lowest BCUT2D eigenvalue weighted by Crippen LogP contribution is -1.70. The van der Waals surface area contributed by atoms with E-state index in [1.54, 1.807) is 6.08 Å². The van der Waals surface area contributed by atoms with E-state index in [0.717, 1.165) is 0 Å². The van der Waals surface area contributed by atoms with Crippen molar-refractivity contribution in [2.24, 2.45) is 0 Å². The van der Waals surface area contributed by atoms with Crippen LogP contribution in [0.3, 0.4) is 0 Å². The number of hydrogen-bond acceptors (Lipinski definition) is 0. The first-order valence-electron chi connectivity index (χ1n) is 3.46. The van der Waals surface area contributed by atoms with Crippen molar-refractivity contribution < 1.29 is 0 Å². The van der Waals surface area contributed by atoms with Crippen molar-refractivity contribution in [3.63, 3.8) is 0 Å². The van der Waals surface area contributed by atoms with Gasteiger partial charge in [0.2, 0.25) is 0 Å². The summed E-state index contributed by atoms with van der Waals surface area (Å²) in [7, 11) is 0. The number of rotatable bonds is 3. The lowest BCUT2D eigenvalue weighted by Gasteiger charge is -1.85. The first-order chi connectivity index (χ1) is 4.33. The van der Waals surface area contributed by atoms with Gasteiger partial charge in [0.25, 0.3) is 0 Å². The van der Waals surface area contributed by atoms with Crippen LogP contribution in [-0.4, -0.2) is 4.43 Å². The monoisotopic (exact) mass is 240 g/mol. The average molecular weight is 240 g/mol. The van der Waals surface area contributed by atoms with E-state index in [1.807, 2.05) is 6.92 Å². The van der Waals surface area contributed by atoms with Crippen LogP contribution in [0.1, 0.15) is 33.1 Å². The molecule has 0 aliphatic heterocycles. The molecule has 0 aromatic heterocycles. The highest BCUT2D eigenvalue weighted by Gasteiger charge is 1.76. The van der Waals surface area contributed by atoms with Crippen molar-refractivity contribution >= 4 is 22.6 Å². The zero-order chi connectivity index (χ0) is 7.54. The van der Waals surface area contributed by atoms with Gasteiger partial charge in [-0.15, -0.1) is 6.58 Å². The Morgan fingerprint density at radius 1 is 1.44 bits per heavy atom. The van der Waals surface area contributed by atoms with E-state index in [9.17, 15) is 0 Å². The Morgan fingerprint density at radius 2 is 1.89 bits per heavy atom. The third-order valence-corrected chi connectivity index (χ3v) is 1.50. The van der Waals surface area contributed by atoms with Crippen molar-refractivity contribution in [3.05, 3.63) is 12.7 Å². The molecule has 0 N–H and O–H groups in total. The molecule has 0 nitrogen and oxygen atoms in total. The van der Waals surface area contributed by atoms with Gasteiger partial charge in [-0.05, 0) is 17.8 Å². The van der Waals surface area contributed by atoms with Crippen molar-refractivity contribution in [3.8, 4) is 0 Å². The van der Waals surface area contributed by atoms with Crippen LogP contribution < -0.4 is 0 Å². The molecule has 0 fully saturated rings. The first-order valence-corrected chi connectivity index (χ1v) is 4.99. The molecule has 0 aromatic rings. The summed E-state index contributed by atoms with van der Waals surface area (Å²) in [5.74, 6) is 0. The normalized spacial score (nSPS) is 7.44. The number of alkyl halides is 1. The third-order valence-electron chi connectivity index (χ3n) is 0.737. The Kier molecular flexibility index (Phi) is 21.4. The minimum absolute atomic E-state index is 1.32. The zero-order valence-electron chi connectivity index (χ0n) is 6.49. The minimum atomic E-state index is 1.32. The molecule has 0 aliphatic rings. The third kappa shape index (κ3) is 29.4. The number of allylic oxidation sites excluding steroid dienone is 1. The van der Waals surface area contributed by atoms with Gasteiger partial charge in [-0.3, -0.25) is 0 Å². The summed E-state index contributed by atoms with van der Waals surface area (Å²) in [4.78, 5) is 0. The van der Waals surface area contributed by atoms with Gasteiger partial charge in [0.1, 0.15) is 0 Å². The summed E-state index contributed by atoms with van der Waals surface area (Å²) in [6, 6.07) is 0. The molecule has 9 heavy (non-hydrogen) atoms. The predicted octanol–water partition coefficient (Wildman–Crippen LogP) is 3.80. The molecular formula is C8H17I. The Morgan fingerprint density at radius 3 is 2.00 bits per heavy atom. The van der Waals surface area contributed by atoms with Gasteiger partial charge in [-0.2, -0.15) is 0 Å². The van der Waals surface area contributed by atoms with Crippen LogP contribution in [0, 0.1) is 0 Å². The van der Waals surface area contributed by atoms with Gasteiger partial charge in [-0.25, -0.2) is 0 Å². The van der Waals surface area contributed by atoms with E-state index < -0.39 is 0 Å². The molecule has 0 bridgehead atoms.